The number of hydrogen-bond donors (Lipinski definition) is 1. The Labute approximate surface area is 158 Å². The molecule has 0 spiro atoms. The molecule has 0 saturated heterocycles. The standard InChI is InChI=1S/C18H16FN3O2S2/c1-11-2-4-15(5-3-11)20-17-21-22-18(26-17)25-9-13-7-14(19)6-12-8-23-10-24-16(12)13/h2-7H,8-10H2,1H3,(H,20,21). The number of halogens is 1. The molecule has 4 rings (SSSR count). The molecule has 1 aliphatic rings. The Kier molecular flexibility index (Phi) is 5.05. The lowest BCUT2D eigenvalue weighted by Gasteiger charge is -2.20. The van der Waals surface area contributed by atoms with Gasteiger partial charge in [-0.15, -0.1) is 10.2 Å². The van der Waals surface area contributed by atoms with Crippen LogP contribution in [-0.2, 0) is 17.1 Å². The number of aryl methyl sites for hydroxylation is 1. The van der Waals surface area contributed by atoms with Crippen LogP contribution in [0.2, 0.25) is 0 Å². The van der Waals surface area contributed by atoms with Crippen molar-refractivity contribution in [2.75, 3.05) is 12.1 Å². The first kappa shape index (κ1) is 17.3. The van der Waals surface area contributed by atoms with Crippen LogP contribution in [-0.4, -0.2) is 17.0 Å². The Morgan fingerprint density at radius 1 is 1.23 bits per heavy atom. The van der Waals surface area contributed by atoms with E-state index in [1.54, 1.807) is 0 Å². The first-order valence-electron chi connectivity index (χ1n) is 7.99. The topological polar surface area (TPSA) is 56.3 Å². The third kappa shape index (κ3) is 3.98. The zero-order valence-corrected chi connectivity index (χ0v) is 15.6. The molecule has 0 amide bonds. The summed E-state index contributed by atoms with van der Waals surface area (Å²) in [7, 11) is 0. The summed E-state index contributed by atoms with van der Waals surface area (Å²) >= 11 is 2.97. The number of thioether (sulfide) groups is 1. The minimum Gasteiger partial charge on any atom is -0.467 e. The molecule has 0 bridgehead atoms. The molecule has 0 radical (unpaired) electrons. The van der Waals surface area contributed by atoms with Crippen molar-refractivity contribution >= 4 is 33.9 Å². The van der Waals surface area contributed by atoms with Gasteiger partial charge >= 0.3 is 0 Å². The molecular weight excluding hydrogens is 373 g/mol. The number of ether oxygens (including phenoxy) is 2. The monoisotopic (exact) mass is 389 g/mol. The van der Waals surface area contributed by atoms with Crippen molar-refractivity contribution in [1.29, 1.82) is 0 Å². The van der Waals surface area contributed by atoms with E-state index >= 15 is 0 Å². The lowest BCUT2D eigenvalue weighted by Crippen LogP contribution is -2.13. The van der Waals surface area contributed by atoms with Crippen LogP contribution in [0.4, 0.5) is 15.2 Å². The van der Waals surface area contributed by atoms with E-state index in [9.17, 15) is 4.39 Å². The van der Waals surface area contributed by atoms with Gasteiger partial charge in [-0.25, -0.2) is 4.39 Å². The van der Waals surface area contributed by atoms with Crippen LogP contribution in [0, 0.1) is 12.7 Å². The van der Waals surface area contributed by atoms with Gasteiger partial charge in [-0.05, 0) is 31.2 Å². The third-order valence-electron chi connectivity index (χ3n) is 3.81. The molecule has 2 aromatic carbocycles. The van der Waals surface area contributed by atoms with Gasteiger partial charge in [-0.2, -0.15) is 0 Å². The fourth-order valence-corrected chi connectivity index (χ4v) is 4.32. The molecular formula is C18H16FN3O2S2. The van der Waals surface area contributed by atoms with E-state index in [1.165, 1.54) is 40.8 Å². The molecule has 8 heteroatoms. The first-order valence-corrected chi connectivity index (χ1v) is 9.79. The first-order chi connectivity index (χ1) is 12.7. The van der Waals surface area contributed by atoms with E-state index < -0.39 is 0 Å². The second-order valence-electron chi connectivity index (χ2n) is 5.82. The van der Waals surface area contributed by atoms with Crippen molar-refractivity contribution in [2.24, 2.45) is 0 Å². The predicted molar refractivity (Wildman–Crippen MR) is 101 cm³/mol. The van der Waals surface area contributed by atoms with Crippen LogP contribution in [0.25, 0.3) is 0 Å². The van der Waals surface area contributed by atoms with Gasteiger partial charge in [0.05, 0.1) is 6.61 Å². The van der Waals surface area contributed by atoms with Gasteiger partial charge in [0, 0.05) is 22.6 Å². The van der Waals surface area contributed by atoms with E-state index in [0.29, 0.717) is 18.1 Å². The number of benzene rings is 2. The van der Waals surface area contributed by atoms with Crippen LogP contribution >= 0.6 is 23.1 Å². The quantitative estimate of drug-likeness (QED) is 0.627. The lowest BCUT2D eigenvalue weighted by atomic mass is 10.1. The summed E-state index contributed by atoms with van der Waals surface area (Å²) < 4.78 is 25.4. The van der Waals surface area contributed by atoms with E-state index in [1.807, 2.05) is 31.2 Å². The molecule has 3 aromatic rings. The van der Waals surface area contributed by atoms with Crippen LogP contribution in [0.5, 0.6) is 5.75 Å². The molecule has 1 aromatic heterocycles. The number of hydrogen-bond acceptors (Lipinski definition) is 7. The van der Waals surface area contributed by atoms with Crippen molar-refractivity contribution < 1.29 is 13.9 Å². The van der Waals surface area contributed by atoms with Crippen molar-refractivity contribution in [3.8, 4) is 5.75 Å². The average Bonchev–Trinajstić information content (AvgIpc) is 3.09. The fourth-order valence-electron chi connectivity index (χ4n) is 2.58. The van der Waals surface area contributed by atoms with Gasteiger partial charge < -0.3 is 14.8 Å². The number of aromatic nitrogens is 2. The Morgan fingerprint density at radius 3 is 2.92 bits per heavy atom. The van der Waals surface area contributed by atoms with E-state index in [-0.39, 0.29) is 12.6 Å². The zero-order valence-electron chi connectivity index (χ0n) is 14.0. The Morgan fingerprint density at radius 2 is 2.08 bits per heavy atom. The number of rotatable bonds is 5. The number of nitrogens with zero attached hydrogens (tertiary/aromatic N) is 2. The highest BCUT2D eigenvalue weighted by molar-refractivity contribution is 8.00. The van der Waals surface area contributed by atoms with Gasteiger partial charge in [0.15, 0.2) is 11.1 Å². The maximum absolute atomic E-state index is 13.8. The molecule has 26 heavy (non-hydrogen) atoms. The molecule has 134 valence electrons. The van der Waals surface area contributed by atoms with Crippen molar-refractivity contribution in [3.05, 3.63) is 58.9 Å². The highest BCUT2D eigenvalue weighted by Crippen LogP contribution is 2.35. The Hall–Kier alpha value is -2.16. The van der Waals surface area contributed by atoms with E-state index in [2.05, 4.69) is 15.5 Å². The average molecular weight is 389 g/mol. The number of anilines is 2. The third-order valence-corrected chi connectivity index (χ3v) is 5.83. The highest BCUT2D eigenvalue weighted by Gasteiger charge is 2.17. The highest BCUT2D eigenvalue weighted by atomic mass is 32.2. The van der Waals surface area contributed by atoms with Crippen LogP contribution in [0.1, 0.15) is 16.7 Å². The smallest absolute Gasteiger partial charge is 0.210 e. The summed E-state index contributed by atoms with van der Waals surface area (Å²) in [6.45, 7) is 2.61. The Bertz CT molecular complexity index is 915. The molecule has 0 fully saturated rings. The summed E-state index contributed by atoms with van der Waals surface area (Å²) in [5, 5.41) is 12.3. The van der Waals surface area contributed by atoms with Crippen molar-refractivity contribution in [1.82, 2.24) is 10.2 Å². The van der Waals surface area contributed by atoms with E-state index in [4.69, 9.17) is 9.47 Å². The molecule has 5 nitrogen and oxygen atoms in total. The summed E-state index contributed by atoms with van der Waals surface area (Å²) in [4.78, 5) is 0. The molecule has 1 aliphatic heterocycles. The maximum Gasteiger partial charge on any atom is 0.210 e. The van der Waals surface area contributed by atoms with Crippen molar-refractivity contribution in [3.63, 3.8) is 0 Å². The summed E-state index contributed by atoms with van der Waals surface area (Å²) in [6.07, 6.45) is 0. The van der Waals surface area contributed by atoms with Gasteiger partial charge in [-0.1, -0.05) is 40.8 Å². The SMILES string of the molecule is Cc1ccc(Nc2nnc(SCc3cc(F)cc4c3OCOC4)s2)cc1. The van der Waals surface area contributed by atoms with Gasteiger partial charge in [0.2, 0.25) is 5.13 Å². The van der Waals surface area contributed by atoms with Gasteiger partial charge in [-0.3, -0.25) is 0 Å². The molecule has 2 heterocycles. The molecule has 0 saturated carbocycles. The second kappa shape index (κ2) is 7.61. The summed E-state index contributed by atoms with van der Waals surface area (Å²) in [6, 6.07) is 11.0. The van der Waals surface area contributed by atoms with Crippen LogP contribution < -0.4 is 10.1 Å². The molecule has 0 aliphatic carbocycles. The second-order valence-corrected chi connectivity index (χ2v) is 8.02. The largest absolute Gasteiger partial charge is 0.467 e. The van der Waals surface area contributed by atoms with Gasteiger partial charge in [0.1, 0.15) is 11.6 Å². The lowest BCUT2D eigenvalue weighted by molar-refractivity contribution is -0.0171. The fraction of sp³-hybridized carbons (Fsp3) is 0.222. The van der Waals surface area contributed by atoms with Crippen LogP contribution in [0.15, 0.2) is 40.7 Å². The predicted octanol–water partition coefficient (Wildman–Crippen LogP) is 4.89. The minimum atomic E-state index is -0.285. The Balaban J connectivity index is 1.44. The molecule has 0 unspecified atom stereocenters. The normalized spacial score (nSPS) is 13.2. The molecule has 0 atom stereocenters. The number of nitrogens with one attached hydrogen (secondary N) is 1. The maximum atomic E-state index is 13.8. The summed E-state index contributed by atoms with van der Waals surface area (Å²) in [5.41, 5.74) is 3.72. The van der Waals surface area contributed by atoms with Gasteiger partial charge in [0.25, 0.3) is 0 Å². The van der Waals surface area contributed by atoms with Crippen LogP contribution in [0.3, 0.4) is 0 Å². The van der Waals surface area contributed by atoms with E-state index in [0.717, 1.165) is 26.3 Å². The summed E-state index contributed by atoms with van der Waals surface area (Å²) in [5.74, 6) is 0.985. The van der Waals surface area contributed by atoms with Crippen molar-refractivity contribution in [2.45, 2.75) is 23.6 Å². The number of fused-ring (bicyclic) bond motifs is 1. The minimum absolute atomic E-state index is 0.194. The molecule has 1 N–H and O–H groups in total. The zero-order chi connectivity index (χ0) is 17.9.